The average molecular weight is 379 g/mol. The van der Waals surface area contributed by atoms with Crippen LogP contribution in [0.5, 0.6) is 0 Å². The van der Waals surface area contributed by atoms with E-state index in [2.05, 4.69) is 54.9 Å². The summed E-state index contributed by atoms with van der Waals surface area (Å²) >= 11 is 1.84. The van der Waals surface area contributed by atoms with Gasteiger partial charge in [-0.1, -0.05) is 0 Å². The fourth-order valence-corrected chi connectivity index (χ4v) is 4.52. The number of piperidine rings is 1. The topological polar surface area (TPSA) is 46.1 Å². The van der Waals surface area contributed by atoms with Crippen LogP contribution in [0.4, 0.5) is 5.00 Å². The maximum Gasteiger partial charge on any atom is 0.191 e. The van der Waals surface area contributed by atoms with Crippen molar-refractivity contribution in [1.29, 1.82) is 0 Å². The van der Waals surface area contributed by atoms with Crippen molar-refractivity contribution in [2.24, 2.45) is 4.99 Å². The predicted molar refractivity (Wildman–Crippen MR) is 113 cm³/mol. The van der Waals surface area contributed by atoms with E-state index in [0.29, 0.717) is 6.04 Å². The van der Waals surface area contributed by atoms with Crippen LogP contribution in [-0.2, 0) is 0 Å². The van der Waals surface area contributed by atoms with E-state index < -0.39 is 0 Å². The molecule has 0 bridgehead atoms. The molecule has 2 aliphatic heterocycles. The zero-order valence-corrected chi connectivity index (χ0v) is 17.1. The number of rotatable bonds is 5. The van der Waals surface area contributed by atoms with E-state index in [9.17, 15) is 0 Å². The lowest BCUT2D eigenvalue weighted by molar-refractivity contribution is 0.279. The number of anilines is 1. The first kappa shape index (κ1) is 19.5. The standard InChI is InChI=1S/C19H34N6S/c1-20-19(21-8-13-24-10-4-9-23(2)14-15-24)22-17-6-11-25(12-7-17)18-5-3-16-26-18/h3,5,16-17H,4,6-15H2,1-2H3,(H2,20,21,22). The molecule has 0 radical (unpaired) electrons. The molecular weight excluding hydrogens is 344 g/mol. The number of hydrogen-bond donors (Lipinski definition) is 2. The van der Waals surface area contributed by atoms with Gasteiger partial charge >= 0.3 is 0 Å². The van der Waals surface area contributed by atoms with Crippen LogP contribution in [0, 0.1) is 0 Å². The van der Waals surface area contributed by atoms with E-state index in [4.69, 9.17) is 0 Å². The molecule has 0 atom stereocenters. The van der Waals surface area contributed by atoms with Gasteiger partial charge in [-0.2, -0.15) is 0 Å². The van der Waals surface area contributed by atoms with E-state index in [1.165, 1.54) is 37.6 Å². The maximum atomic E-state index is 4.42. The van der Waals surface area contributed by atoms with E-state index in [1.54, 1.807) is 0 Å². The second-order valence-electron chi connectivity index (χ2n) is 7.35. The third-order valence-electron chi connectivity index (χ3n) is 5.41. The highest BCUT2D eigenvalue weighted by atomic mass is 32.1. The smallest absolute Gasteiger partial charge is 0.191 e. The summed E-state index contributed by atoms with van der Waals surface area (Å²) in [6, 6.07) is 4.88. The van der Waals surface area contributed by atoms with Gasteiger partial charge in [-0.05, 0) is 56.9 Å². The Kier molecular flexibility index (Phi) is 7.58. The van der Waals surface area contributed by atoms with E-state index in [1.807, 2.05) is 18.4 Å². The molecule has 146 valence electrons. The molecule has 2 aliphatic rings. The minimum absolute atomic E-state index is 0.518. The molecule has 7 heteroatoms. The average Bonchev–Trinajstić information content (AvgIpc) is 3.12. The number of nitrogens with one attached hydrogen (secondary N) is 2. The van der Waals surface area contributed by atoms with E-state index in [-0.39, 0.29) is 0 Å². The van der Waals surface area contributed by atoms with Crippen LogP contribution in [0.25, 0.3) is 0 Å². The first-order valence-corrected chi connectivity index (χ1v) is 10.8. The molecule has 0 unspecified atom stereocenters. The first-order valence-electron chi connectivity index (χ1n) is 9.91. The van der Waals surface area contributed by atoms with Gasteiger partial charge in [-0.25, -0.2) is 0 Å². The maximum absolute atomic E-state index is 4.42. The van der Waals surface area contributed by atoms with Crippen molar-refractivity contribution in [3.8, 4) is 0 Å². The third-order valence-corrected chi connectivity index (χ3v) is 6.34. The summed E-state index contributed by atoms with van der Waals surface area (Å²) in [5.74, 6) is 0.950. The van der Waals surface area contributed by atoms with Crippen molar-refractivity contribution in [2.45, 2.75) is 25.3 Å². The van der Waals surface area contributed by atoms with Crippen molar-refractivity contribution < 1.29 is 0 Å². The van der Waals surface area contributed by atoms with Gasteiger partial charge in [0, 0.05) is 52.4 Å². The molecule has 6 nitrogen and oxygen atoms in total. The van der Waals surface area contributed by atoms with Crippen LogP contribution >= 0.6 is 11.3 Å². The second-order valence-corrected chi connectivity index (χ2v) is 8.28. The van der Waals surface area contributed by atoms with Crippen molar-refractivity contribution in [3.63, 3.8) is 0 Å². The summed E-state index contributed by atoms with van der Waals surface area (Å²) in [5.41, 5.74) is 0. The molecule has 0 amide bonds. The van der Waals surface area contributed by atoms with Gasteiger partial charge in [0.05, 0.1) is 5.00 Å². The Morgan fingerprint density at radius 3 is 2.77 bits per heavy atom. The molecular formula is C19H34N6S. The van der Waals surface area contributed by atoms with Gasteiger partial charge in [-0.15, -0.1) is 11.3 Å². The molecule has 2 fully saturated rings. The Morgan fingerprint density at radius 1 is 1.19 bits per heavy atom. The highest BCUT2D eigenvalue weighted by Gasteiger charge is 2.20. The number of guanidine groups is 1. The monoisotopic (exact) mass is 378 g/mol. The van der Waals surface area contributed by atoms with E-state index in [0.717, 1.165) is 45.0 Å². The van der Waals surface area contributed by atoms with Crippen LogP contribution in [-0.4, -0.2) is 88.3 Å². The quantitative estimate of drug-likeness (QED) is 0.601. The zero-order chi connectivity index (χ0) is 18.2. The summed E-state index contributed by atoms with van der Waals surface area (Å²) in [6.07, 6.45) is 3.60. The molecule has 1 aromatic rings. The normalized spacial score (nSPS) is 21.6. The van der Waals surface area contributed by atoms with Gasteiger partial charge in [0.15, 0.2) is 5.96 Å². The summed E-state index contributed by atoms with van der Waals surface area (Å²) in [6.45, 7) is 9.06. The first-order chi connectivity index (χ1) is 12.7. The lowest BCUT2D eigenvalue weighted by Gasteiger charge is -2.33. The highest BCUT2D eigenvalue weighted by Crippen LogP contribution is 2.24. The van der Waals surface area contributed by atoms with Crippen molar-refractivity contribution in [1.82, 2.24) is 20.4 Å². The minimum Gasteiger partial charge on any atom is -0.363 e. The Morgan fingerprint density at radius 2 is 2.04 bits per heavy atom. The van der Waals surface area contributed by atoms with Gasteiger partial charge in [-0.3, -0.25) is 4.99 Å². The predicted octanol–water partition coefficient (Wildman–Crippen LogP) is 1.52. The van der Waals surface area contributed by atoms with Gasteiger partial charge in [0.1, 0.15) is 0 Å². The molecule has 0 aliphatic carbocycles. The number of thiophene rings is 1. The molecule has 0 spiro atoms. The van der Waals surface area contributed by atoms with Crippen molar-refractivity contribution >= 4 is 22.3 Å². The molecule has 0 aromatic carbocycles. The Balaban J connectivity index is 1.34. The largest absolute Gasteiger partial charge is 0.363 e. The number of likely N-dealkylation sites (N-methyl/N-ethyl adjacent to an activating group) is 1. The third kappa shape index (κ3) is 5.86. The van der Waals surface area contributed by atoms with Crippen LogP contribution in [0.2, 0.25) is 0 Å². The fourth-order valence-electron chi connectivity index (χ4n) is 3.74. The summed E-state index contributed by atoms with van der Waals surface area (Å²) in [5, 5.41) is 10.7. The van der Waals surface area contributed by atoms with Crippen molar-refractivity contribution in [2.75, 3.05) is 71.4 Å². The lowest BCUT2D eigenvalue weighted by atomic mass is 10.1. The second kappa shape index (κ2) is 10.1. The van der Waals surface area contributed by atoms with Crippen LogP contribution in [0.3, 0.4) is 0 Å². The molecule has 3 heterocycles. The number of hydrogen-bond acceptors (Lipinski definition) is 5. The summed E-state index contributed by atoms with van der Waals surface area (Å²) in [7, 11) is 4.09. The van der Waals surface area contributed by atoms with Crippen LogP contribution < -0.4 is 15.5 Å². The molecule has 3 rings (SSSR count). The van der Waals surface area contributed by atoms with Gasteiger partial charge in [0.2, 0.25) is 0 Å². The van der Waals surface area contributed by atoms with Gasteiger partial charge in [0.25, 0.3) is 0 Å². The fraction of sp³-hybridized carbons (Fsp3) is 0.737. The highest BCUT2D eigenvalue weighted by molar-refractivity contribution is 7.14. The van der Waals surface area contributed by atoms with Crippen molar-refractivity contribution in [3.05, 3.63) is 17.5 Å². The van der Waals surface area contributed by atoms with Crippen LogP contribution in [0.1, 0.15) is 19.3 Å². The Hall–Kier alpha value is -1.31. The van der Waals surface area contributed by atoms with Crippen LogP contribution in [0.15, 0.2) is 22.5 Å². The SMILES string of the molecule is CN=C(NCCN1CCCN(C)CC1)NC1CCN(c2cccs2)CC1. The minimum atomic E-state index is 0.518. The molecule has 2 saturated heterocycles. The molecule has 2 N–H and O–H groups in total. The van der Waals surface area contributed by atoms with E-state index >= 15 is 0 Å². The molecule has 26 heavy (non-hydrogen) atoms. The zero-order valence-electron chi connectivity index (χ0n) is 16.3. The summed E-state index contributed by atoms with van der Waals surface area (Å²) < 4.78 is 0. The van der Waals surface area contributed by atoms with Gasteiger partial charge < -0.3 is 25.3 Å². The molecule has 0 saturated carbocycles. The molecule has 1 aromatic heterocycles. The Labute approximate surface area is 162 Å². The Bertz CT molecular complexity index is 538. The number of aliphatic imine (C=N–C) groups is 1. The summed E-state index contributed by atoms with van der Waals surface area (Å²) in [4.78, 5) is 11.9. The lowest BCUT2D eigenvalue weighted by Crippen LogP contribution is -2.49. The number of nitrogens with zero attached hydrogens (tertiary/aromatic N) is 4.